The van der Waals surface area contributed by atoms with Crippen molar-refractivity contribution in [1.29, 1.82) is 0 Å². The third kappa shape index (κ3) is 3.11. The van der Waals surface area contributed by atoms with Gasteiger partial charge in [0.2, 0.25) is 0 Å². The molecule has 0 amide bonds. The second kappa shape index (κ2) is 5.18. The van der Waals surface area contributed by atoms with Gasteiger partial charge in [-0.1, -0.05) is 6.07 Å². The molecule has 0 bridgehead atoms. The van der Waals surface area contributed by atoms with Crippen LogP contribution in [0.25, 0.3) is 0 Å². The van der Waals surface area contributed by atoms with E-state index in [4.69, 9.17) is 0 Å². The molecule has 84 valence electrons. The van der Waals surface area contributed by atoms with Gasteiger partial charge in [0, 0.05) is 13.6 Å². The van der Waals surface area contributed by atoms with Crippen molar-refractivity contribution in [3.05, 3.63) is 40.6 Å². The monoisotopic (exact) mass is 281 g/mol. The number of pyridine rings is 1. The highest BCUT2D eigenvalue weighted by Crippen LogP contribution is 2.05. The molecular weight excluding hydrogens is 270 g/mol. The van der Waals surface area contributed by atoms with Gasteiger partial charge in [-0.05, 0) is 28.1 Å². The van der Waals surface area contributed by atoms with Crippen LogP contribution in [-0.4, -0.2) is 19.7 Å². The molecule has 2 heterocycles. The number of rotatable bonds is 4. The Morgan fingerprint density at radius 2 is 2.25 bits per heavy atom. The van der Waals surface area contributed by atoms with Crippen LogP contribution in [0.3, 0.4) is 0 Å². The van der Waals surface area contributed by atoms with Crippen molar-refractivity contribution >= 4 is 15.9 Å². The van der Waals surface area contributed by atoms with E-state index in [9.17, 15) is 0 Å². The summed E-state index contributed by atoms with van der Waals surface area (Å²) in [4.78, 5) is 8.44. The van der Waals surface area contributed by atoms with Gasteiger partial charge in [-0.25, -0.2) is 9.97 Å². The predicted octanol–water partition coefficient (Wildman–Crippen LogP) is 1.26. The molecular formula is C10H12BrN5. The van der Waals surface area contributed by atoms with E-state index in [0.717, 1.165) is 16.1 Å². The largest absolute Gasteiger partial charge is 0.304 e. The second-order valence-electron chi connectivity index (χ2n) is 3.39. The molecule has 2 aromatic rings. The van der Waals surface area contributed by atoms with E-state index < -0.39 is 0 Å². The van der Waals surface area contributed by atoms with Crippen molar-refractivity contribution in [2.45, 2.75) is 13.1 Å². The first kappa shape index (κ1) is 11.2. The van der Waals surface area contributed by atoms with Gasteiger partial charge in [0.15, 0.2) is 5.82 Å². The van der Waals surface area contributed by atoms with Gasteiger partial charge in [-0.15, -0.1) is 0 Å². The van der Waals surface area contributed by atoms with Gasteiger partial charge >= 0.3 is 0 Å². The predicted molar refractivity (Wildman–Crippen MR) is 63.5 cm³/mol. The number of nitrogens with one attached hydrogen (secondary N) is 1. The smallest absolute Gasteiger partial charge is 0.164 e. The first-order chi connectivity index (χ1) is 7.74. The summed E-state index contributed by atoms with van der Waals surface area (Å²) in [5.74, 6) is 0.789. The molecule has 1 N–H and O–H groups in total. The number of hydrogen-bond acceptors (Lipinski definition) is 4. The van der Waals surface area contributed by atoms with Crippen LogP contribution in [0.15, 0.2) is 29.1 Å². The molecule has 2 rings (SSSR count). The fourth-order valence-corrected chi connectivity index (χ4v) is 1.70. The molecule has 6 heteroatoms. The average Bonchev–Trinajstić information content (AvgIpc) is 2.64. The molecule has 0 aliphatic heterocycles. The maximum atomic E-state index is 4.32. The zero-order chi connectivity index (χ0) is 11.4. The van der Waals surface area contributed by atoms with Crippen molar-refractivity contribution in [1.82, 2.24) is 25.1 Å². The summed E-state index contributed by atoms with van der Waals surface area (Å²) in [6.07, 6.45) is 1.69. The van der Waals surface area contributed by atoms with Crippen LogP contribution in [0.1, 0.15) is 11.5 Å². The SMILES string of the molecule is Cn1cnc(CNCc2cccc(Br)n2)n1. The first-order valence-electron chi connectivity index (χ1n) is 4.91. The van der Waals surface area contributed by atoms with E-state index in [1.807, 2.05) is 25.2 Å². The Hall–Kier alpha value is -1.27. The van der Waals surface area contributed by atoms with Gasteiger partial charge in [-0.3, -0.25) is 4.68 Å². The van der Waals surface area contributed by atoms with E-state index in [2.05, 4.69) is 36.3 Å². The minimum Gasteiger partial charge on any atom is -0.304 e. The first-order valence-corrected chi connectivity index (χ1v) is 5.70. The van der Waals surface area contributed by atoms with Crippen LogP contribution in [0.4, 0.5) is 0 Å². The van der Waals surface area contributed by atoms with E-state index in [1.165, 1.54) is 0 Å². The van der Waals surface area contributed by atoms with Crippen molar-refractivity contribution in [2.24, 2.45) is 7.05 Å². The summed E-state index contributed by atoms with van der Waals surface area (Å²) in [5.41, 5.74) is 0.991. The summed E-state index contributed by atoms with van der Waals surface area (Å²) in [7, 11) is 1.85. The topological polar surface area (TPSA) is 55.6 Å². The normalized spacial score (nSPS) is 10.6. The van der Waals surface area contributed by atoms with Gasteiger partial charge in [-0.2, -0.15) is 5.10 Å². The molecule has 0 fully saturated rings. The Morgan fingerprint density at radius 3 is 2.94 bits per heavy atom. The average molecular weight is 282 g/mol. The molecule has 0 spiro atoms. The summed E-state index contributed by atoms with van der Waals surface area (Å²) in [5, 5.41) is 7.41. The van der Waals surface area contributed by atoms with Crippen LogP contribution in [-0.2, 0) is 20.1 Å². The van der Waals surface area contributed by atoms with Crippen LogP contribution < -0.4 is 5.32 Å². The van der Waals surface area contributed by atoms with Gasteiger partial charge < -0.3 is 5.32 Å². The van der Waals surface area contributed by atoms with E-state index >= 15 is 0 Å². The van der Waals surface area contributed by atoms with Crippen LogP contribution >= 0.6 is 15.9 Å². The van der Waals surface area contributed by atoms with Gasteiger partial charge in [0.25, 0.3) is 0 Å². The minimum atomic E-state index is 0.648. The quantitative estimate of drug-likeness (QED) is 0.858. The zero-order valence-corrected chi connectivity index (χ0v) is 10.5. The van der Waals surface area contributed by atoms with Crippen molar-refractivity contribution in [3.63, 3.8) is 0 Å². The van der Waals surface area contributed by atoms with Crippen LogP contribution in [0.5, 0.6) is 0 Å². The van der Waals surface area contributed by atoms with Gasteiger partial charge in [0.1, 0.15) is 10.9 Å². The highest BCUT2D eigenvalue weighted by atomic mass is 79.9. The van der Waals surface area contributed by atoms with E-state index in [-0.39, 0.29) is 0 Å². The second-order valence-corrected chi connectivity index (χ2v) is 4.20. The minimum absolute atomic E-state index is 0.648. The molecule has 2 aromatic heterocycles. The van der Waals surface area contributed by atoms with Crippen LogP contribution in [0, 0.1) is 0 Å². The molecule has 0 aliphatic carbocycles. The Labute approximate surface area is 102 Å². The fourth-order valence-electron chi connectivity index (χ4n) is 1.32. The van der Waals surface area contributed by atoms with E-state index in [1.54, 1.807) is 11.0 Å². The molecule has 0 saturated carbocycles. The fraction of sp³-hybridized carbons (Fsp3) is 0.300. The molecule has 16 heavy (non-hydrogen) atoms. The summed E-state index contributed by atoms with van der Waals surface area (Å²) in [6, 6.07) is 5.85. The number of nitrogens with zero attached hydrogens (tertiary/aromatic N) is 4. The summed E-state index contributed by atoms with van der Waals surface area (Å²) >= 11 is 3.34. The Morgan fingerprint density at radius 1 is 1.38 bits per heavy atom. The molecule has 0 atom stereocenters. The molecule has 0 saturated heterocycles. The lowest BCUT2D eigenvalue weighted by atomic mass is 10.3. The maximum absolute atomic E-state index is 4.32. The molecule has 0 radical (unpaired) electrons. The maximum Gasteiger partial charge on any atom is 0.164 e. The number of hydrogen-bond donors (Lipinski definition) is 1. The summed E-state index contributed by atoms with van der Waals surface area (Å²) in [6.45, 7) is 1.35. The van der Waals surface area contributed by atoms with E-state index in [0.29, 0.717) is 13.1 Å². The highest BCUT2D eigenvalue weighted by molar-refractivity contribution is 9.10. The van der Waals surface area contributed by atoms with Crippen LogP contribution in [0.2, 0.25) is 0 Å². The molecule has 5 nitrogen and oxygen atoms in total. The number of aryl methyl sites for hydroxylation is 1. The Kier molecular flexibility index (Phi) is 3.63. The molecule has 0 aliphatic rings. The Bertz CT molecular complexity index is 468. The third-order valence-electron chi connectivity index (χ3n) is 2.01. The lowest BCUT2D eigenvalue weighted by Crippen LogP contribution is -2.14. The standard InChI is InChI=1S/C10H12BrN5/c1-16-7-13-10(15-16)6-12-5-8-3-2-4-9(11)14-8/h2-4,7,12H,5-6H2,1H3. The number of aromatic nitrogens is 4. The highest BCUT2D eigenvalue weighted by Gasteiger charge is 1.99. The third-order valence-corrected chi connectivity index (χ3v) is 2.45. The molecule has 0 unspecified atom stereocenters. The summed E-state index contributed by atoms with van der Waals surface area (Å²) < 4.78 is 2.54. The lowest BCUT2D eigenvalue weighted by Gasteiger charge is -2.01. The van der Waals surface area contributed by atoms with Gasteiger partial charge in [0.05, 0.1) is 12.2 Å². The molecule has 0 aromatic carbocycles. The zero-order valence-electron chi connectivity index (χ0n) is 8.89. The number of halogens is 1. The lowest BCUT2D eigenvalue weighted by molar-refractivity contribution is 0.640. The van der Waals surface area contributed by atoms with Crippen molar-refractivity contribution < 1.29 is 0 Å². The van der Waals surface area contributed by atoms with Crippen molar-refractivity contribution in [2.75, 3.05) is 0 Å². The van der Waals surface area contributed by atoms with Crippen molar-refractivity contribution in [3.8, 4) is 0 Å². The Balaban J connectivity index is 1.84.